The zero-order valence-electron chi connectivity index (χ0n) is 9.53. The molecule has 0 aromatic carbocycles. The smallest absolute Gasteiger partial charge is 0.251 e. The number of H-pyrrole nitrogens is 1. The summed E-state index contributed by atoms with van der Waals surface area (Å²) in [6.45, 7) is 1.13. The summed E-state index contributed by atoms with van der Waals surface area (Å²) in [6.07, 6.45) is 2.22. The molecule has 1 heterocycles. The first-order chi connectivity index (χ1) is 8.13. The number of aromatic nitrogens is 1. The van der Waals surface area contributed by atoms with Gasteiger partial charge in [0.25, 0.3) is 5.91 Å². The van der Waals surface area contributed by atoms with Crippen molar-refractivity contribution in [3.8, 4) is 0 Å². The van der Waals surface area contributed by atoms with E-state index in [4.69, 9.17) is 4.74 Å². The topological polar surface area (TPSA) is 71.2 Å². The van der Waals surface area contributed by atoms with Gasteiger partial charge in [-0.3, -0.25) is 9.59 Å². The van der Waals surface area contributed by atoms with Gasteiger partial charge in [-0.25, -0.2) is 0 Å². The average Bonchev–Trinajstić information content (AvgIpc) is 2.29. The van der Waals surface area contributed by atoms with Gasteiger partial charge in [0, 0.05) is 36.3 Å². The number of pyridine rings is 1. The second-order valence-electron chi connectivity index (χ2n) is 3.54. The van der Waals surface area contributed by atoms with E-state index >= 15 is 0 Å². The minimum absolute atomic E-state index is 0.215. The molecule has 1 aromatic heterocycles. The molecule has 1 unspecified atom stereocenters. The van der Waals surface area contributed by atoms with Crippen molar-refractivity contribution in [3.63, 3.8) is 0 Å². The minimum Gasteiger partial charge on any atom is -0.384 e. The lowest BCUT2D eigenvalue weighted by Crippen LogP contribution is -2.27. The van der Waals surface area contributed by atoms with Gasteiger partial charge in [-0.1, -0.05) is 15.9 Å². The number of rotatable bonds is 6. The fourth-order valence-electron chi connectivity index (χ4n) is 1.29. The van der Waals surface area contributed by atoms with E-state index < -0.39 is 0 Å². The Labute approximate surface area is 108 Å². The molecule has 0 bridgehead atoms. The third kappa shape index (κ3) is 5.14. The lowest BCUT2D eigenvalue weighted by Gasteiger charge is -2.09. The zero-order chi connectivity index (χ0) is 12.7. The second kappa shape index (κ2) is 7.24. The molecule has 0 aliphatic carbocycles. The lowest BCUT2D eigenvalue weighted by atomic mass is 10.2. The number of hydrogen-bond donors (Lipinski definition) is 2. The Bertz CT molecular complexity index is 419. The van der Waals surface area contributed by atoms with Gasteiger partial charge in [-0.15, -0.1) is 0 Å². The van der Waals surface area contributed by atoms with Gasteiger partial charge in [0.2, 0.25) is 5.56 Å². The maximum atomic E-state index is 11.6. The van der Waals surface area contributed by atoms with E-state index in [1.165, 1.54) is 12.3 Å². The van der Waals surface area contributed by atoms with Crippen LogP contribution in [0.1, 0.15) is 16.8 Å². The second-order valence-corrected chi connectivity index (χ2v) is 4.83. The van der Waals surface area contributed by atoms with Crippen LogP contribution in [-0.4, -0.2) is 36.0 Å². The van der Waals surface area contributed by atoms with Crippen molar-refractivity contribution in [2.75, 3.05) is 20.3 Å². The number of hydrogen-bond acceptors (Lipinski definition) is 3. The van der Waals surface area contributed by atoms with Crippen molar-refractivity contribution < 1.29 is 9.53 Å². The van der Waals surface area contributed by atoms with Gasteiger partial charge in [0.15, 0.2) is 0 Å². The summed E-state index contributed by atoms with van der Waals surface area (Å²) < 4.78 is 4.96. The molecule has 0 saturated carbocycles. The van der Waals surface area contributed by atoms with Gasteiger partial charge in [-0.2, -0.15) is 0 Å². The highest BCUT2D eigenvalue weighted by atomic mass is 79.9. The van der Waals surface area contributed by atoms with Gasteiger partial charge >= 0.3 is 0 Å². The predicted octanol–water partition coefficient (Wildman–Crippen LogP) is 0.905. The van der Waals surface area contributed by atoms with E-state index in [1.807, 2.05) is 0 Å². The summed E-state index contributed by atoms with van der Waals surface area (Å²) >= 11 is 3.42. The van der Waals surface area contributed by atoms with Gasteiger partial charge in [0.1, 0.15) is 0 Å². The van der Waals surface area contributed by atoms with Crippen LogP contribution in [0.25, 0.3) is 0 Å². The standard InChI is InChI=1S/C11H15BrN2O3/c1-17-7-9(12)3-5-14-11(16)8-2-4-13-10(15)6-8/h2,4,6,9H,3,5,7H2,1H3,(H,13,15)(H,14,16). The fourth-order valence-corrected chi connectivity index (χ4v) is 1.79. The summed E-state index contributed by atoms with van der Waals surface area (Å²) in [7, 11) is 1.63. The van der Waals surface area contributed by atoms with E-state index in [0.717, 1.165) is 6.42 Å². The number of ether oxygens (including phenoxy) is 1. The molecule has 17 heavy (non-hydrogen) atoms. The molecule has 0 aliphatic rings. The van der Waals surface area contributed by atoms with E-state index in [2.05, 4.69) is 26.2 Å². The van der Waals surface area contributed by atoms with Crippen LogP contribution in [0.15, 0.2) is 23.1 Å². The highest BCUT2D eigenvalue weighted by Gasteiger charge is 2.07. The zero-order valence-corrected chi connectivity index (χ0v) is 11.1. The molecular weight excluding hydrogens is 288 g/mol. The third-order valence-corrected chi connectivity index (χ3v) is 2.85. The largest absolute Gasteiger partial charge is 0.384 e. The highest BCUT2D eigenvalue weighted by Crippen LogP contribution is 2.04. The maximum Gasteiger partial charge on any atom is 0.251 e. The molecule has 6 heteroatoms. The lowest BCUT2D eigenvalue weighted by molar-refractivity contribution is 0.0951. The molecule has 1 atom stereocenters. The fraction of sp³-hybridized carbons (Fsp3) is 0.455. The van der Waals surface area contributed by atoms with Crippen LogP contribution >= 0.6 is 15.9 Å². The summed E-state index contributed by atoms with van der Waals surface area (Å²) in [4.78, 5) is 25.3. The van der Waals surface area contributed by atoms with Crippen molar-refractivity contribution in [2.45, 2.75) is 11.2 Å². The first-order valence-electron chi connectivity index (χ1n) is 5.23. The predicted molar refractivity (Wildman–Crippen MR) is 68.6 cm³/mol. The van der Waals surface area contributed by atoms with Crippen LogP contribution < -0.4 is 10.9 Å². The van der Waals surface area contributed by atoms with Gasteiger partial charge in [0.05, 0.1) is 6.61 Å². The van der Waals surface area contributed by atoms with Crippen molar-refractivity contribution in [1.29, 1.82) is 0 Å². The van der Waals surface area contributed by atoms with Crippen LogP contribution in [0.5, 0.6) is 0 Å². The number of alkyl halides is 1. The van der Waals surface area contributed by atoms with E-state index in [0.29, 0.717) is 18.7 Å². The Kier molecular flexibility index (Phi) is 5.93. The van der Waals surface area contributed by atoms with Crippen molar-refractivity contribution in [2.24, 2.45) is 0 Å². The highest BCUT2D eigenvalue weighted by molar-refractivity contribution is 9.09. The van der Waals surface area contributed by atoms with Crippen LogP contribution in [0, 0.1) is 0 Å². The maximum absolute atomic E-state index is 11.6. The van der Waals surface area contributed by atoms with E-state index in [9.17, 15) is 9.59 Å². The van der Waals surface area contributed by atoms with Crippen LogP contribution in [0.3, 0.4) is 0 Å². The normalized spacial score (nSPS) is 12.1. The van der Waals surface area contributed by atoms with Crippen molar-refractivity contribution in [1.82, 2.24) is 10.3 Å². The Morgan fingerprint density at radius 3 is 3.06 bits per heavy atom. The van der Waals surface area contributed by atoms with Crippen molar-refractivity contribution in [3.05, 3.63) is 34.2 Å². The monoisotopic (exact) mass is 302 g/mol. The molecule has 5 nitrogen and oxygen atoms in total. The Balaban J connectivity index is 2.38. The number of carbonyl (C=O) groups excluding carboxylic acids is 1. The molecule has 1 aromatic rings. The van der Waals surface area contributed by atoms with Gasteiger partial charge < -0.3 is 15.0 Å². The summed E-state index contributed by atoms with van der Waals surface area (Å²) in [5.41, 5.74) is 0.0852. The number of methoxy groups -OCH3 is 1. The number of nitrogens with one attached hydrogen (secondary N) is 2. The third-order valence-electron chi connectivity index (χ3n) is 2.13. The minimum atomic E-state index is -0.282. The SMILES string of the molecule is COCC(Br)CCNC(=O)c1cc[nH]c(=O)c1. The molecule has 0 radical (unpaired) electrons. The number of halogens is 1. The van der Waals surface area contributed by atoms with Crippen LogP contribution in [-0.2, 0) is 4.74 Å². The summed E-state index contributed by atoms with van der Waals surface area (Å²) in [6, 6.07) is 2.84. The molecule has 0 fully saturated rings. The van der Waals surface area contributed by atoms with E-state index in [-0.39, 0.29) is 16.3 Å². The molecule has 0 spiro atoms. The molecule has 94 valence electrons. The molecule has 1 rings (SSSR count). The first-order valence-corrected chi connectivity index (χ1v) is 6.15. The van der Waals surface area contributed by atoms with Crippen molar-refractivity contribution >= 4 is 21.8 Å². The van der Waals surface area contributed by atoms with Crippen LogP contribution in [0.2, 0.25) is 0 Å². The number of amides is 1. The molecule has 0 saturated heterocycles. The summed E-state index contributed by atoms with van der Waals surface area (Å²) in [5, 5.41) is 2.74. The number of aromatic amines is 1. The van der Waals surface area contributed by atoms with E-state index in [1.54, 1.807) is 13.2 Å². The molecular formula is C11H15BrN2O3. The Morgan fingerprint density at radius 2 is 2.41 bits per heavy atom. The Hall–Kier alpha value is -1.14. The molecule has 2 N–H and O–H groups in total. The Morgan fingerprint density at radius 1 is 1.65 bits per heavy atom. The van der Waals surface area contributed by atoms with Crippen LogP contribution in [0.4, 0.5) is 0 Å². The number of carbonyl (C=O) groups is 1. The summed E-state index contributed by atoms with van der Waals surface area (Å²) in [5.74, 6) is -0.242. The average molecular weight is 303 g/mol. The first kappa shape index (κ1) is 13.9. The quantitative estimate of drug-likeness (QED) is 0.767. The molecule has 1 amide bonds. The van der Waals surface area contributed by atoms with Gasteiger partial charge in [-0.05, 0) is 12.5 Å². The molecule has 0 aliphatic heterocycles.